The predicted molar refractivity (Wildman–Crippen MR) is 97.3 cm³/mol. The standard InChI is InChI=1S/C19H18ClN3O3/c20-13-5-12(7-22-8-13)11-1-2-16-14(6-11)19(10-25-18(21)23-19)15-9-24-4-3-17(15)26-16/h1-2,5-8,15,17H,3-4,9-10H2,(H2,21,23)/t15-,17?,19+/m0/s1. The first-order valence-electron chi connectivity index (χ1n) is 8.64. The summed E-state index contributed by atoms with van der Waals surface area (Å²) in [4.78, 5) is 8.91. The van der Waals surface area contributed by atoms with Gasteiger partial charge in [0.05, 0.1) is 24.2 Å². The first kappa shape index (κ1) is 15.9. The number of nitrogens with zero attached hydrogens (tertiary/aromatic N) is 2. The highest BCUT2D eigenvalue weighted by molar-refractivity contribution is 6.30. The molecule has 1 spiro atoms. The third-order valence-electron chi connectivity index (χ3n) is 5.42. The number of amidine groups is 1. The van der Waals surface area contributed by atoms with Gasteiger partial charge >= 0.3 is 0 Å². The minimum atomic E-state index is -0.579. The summed E-state index contributed by atoms with van der Waals surface area (Å²) in [6, 6.07) is 8.20. The fraction of sp³-hybridized carbons (Fsp3) is 0.368. The third kappa shape index (κ3) is 2.36. The lowest BCUT2D eigenvalue weighted by atomic mass is 9.72. The summed E-state index contributed by atoms with van der Waals surface area (Å²) in [5, 5.41) is 0.596. The molecule has 0 radical (unpaired) electrons. The molecule has 0 amide bonds. The summed E-state index contributed by atoms with van der Waals surface area (Å²) >= 11 is 6.11. The van der Waals surface area contributed by atoms with Crippen molar-refractivity contribution in [1.29, 1.82) is 0 Å². The molecule has 3 atom stereocenters. The maximum Gasteiger partial charge on any atom is 0.283 e. The second-order valence-electron chi connectivity index (χ2n) is 6.89. The Kier molecular flexibility index (Phi) is 3.58. The lowest BCUT2D eigenvalue weighted by Gasteiger charge is -2.45. The molecule has 2 N–H and O–H groups in total. The van der Waals surface area contributed by atoms with Gasteiger partial charge in [0.2, 0.25) is 0 Å². The topological polar surface area (TPSA) is 79.0 Å². The lowest BCUT2D eigenvalue weighted by molar-refractivity contribution is -0.0726. The second kappa shape index (κ2) is 5.86. The monoisotopic (exact) mass is 371 g/mol. The molecule has 2 aromatic rings. The Labute approximate surface area is 155 Å². The molecule has 1 aromatic heterocycles. The Morgan fingerprint density at radius 2 is 2.12 bits per heavy atom. The molecule has 0 saturated carbocycles. The maximum absolute atomic E-state index is 6.29. The van der Waals surface area contributed by atoms with Crippen molar-refractivity contribution in [3.63, 3.8) is 0 Å². The zero-order chi connectivity index (χ0) is 17.7. The van der Waals surface area contributed by atoms with Gasteiger partial charge < -0.3 is 19.9 Å². The van der Waals surface area contributed by atoms with Crippen molar-refractivity contribution in [2.24, 2.45) is 16.6 Å². The molecular formula is C19H18ClN3O3. The van der Waals surface area contributed by atoms with E-state index < -0.39 is 5.54 Å². The average Bonchev–Trinajstić information content (AvgIpc) is 3.04. The van der Waals surface area contributed by atoms with Crippen molar-refractivity contribution in [2.45, 2.75) is 18.1 Å². The molecule has 7 heteroatoms. The molecule has 3 aliphatic rings. The van der Waals surface area contributed by atoms with Gasteiger partial charge in [0, 0.05) is 29.9 Å². The van der Waals surface area contributed by atoms with Gasteiger partial charge in [-0.2, -0.15) is 0 Å². The number of hydrogen-bond donors (Lipinski definition) is 1. The summed E-state index contributed by atoms with van der Waals surface area (Å²) in [7, 11) is 0. The average molecular weight is 372 g/mol. The molecule has 5 rings (SSSR count). The van der Waals surface area contributed by atoms with Crippen LogP contribution in [0.2, 0.25) is 5.02 Å². The van der Waals surface area contributed by atoms with Gasteiger partial charge in [-0.05, 0) is 23.8 Å². The first-order chi connectivity index (χ1) is 12.7. The van der Waals surface area contributed by atoms with E-state index >= 15 is 0 Å². The molecule has 6 nitrogen and oxygen atoms in total. The number of pyridine rings is 1. The number of ether oxygens (including phenoxy) is 3. The minimum Gasteiger partial charge on any atom is -0.489 e. The van der Waals surface area contributed by atoms with Crippen LogP contribution >= 0.6 is 11.6 Å². The van der Waals surface area contributed by atoms with Crippen molar-refractivity contribution in [1.82, 2.24) is 4.98 Å². The predicted octanol–water partition coefficient (Wildman–Crippen LogP) is 2.74. The van der Waals surface area contributed by atoms with Crippen LogP contribution in [0, 0.1) is 5.92 Å². The molecule has 1 fully saturated rings. The highest BCUT2D eigenvalue weighted by Gasteiger charge is 2.54. The van der Waals surface area contributed by atoms with Crippen molar-refractivity contribution in [3.8, 4) is 16.9 Å². The number of aromatic nitrogens is 1. The molecule has 4 heterocycles. The van der Waals surface area contributed by atoms with Crippen LogP contribution in [-0.4, -0.2) is 36.9 Å². The van der Waals surface area contributed by atoms with Crippen molar-refractivity contribution >= 4 is 17.6 Å². The number of rotatable bonds is 1. The van der Waals surface area contributed by atoms with Crippen LogP contribution < -0.4 is 10.5 Å². The molecule has 1 unspecified atom stereocenters. The summed E-state index contributed by atoms with van der Waals surface area (Å²) in [5.41, 5.74) is 8.24. The number of nitrogens with two attached hydrogens (primary N) is 1. The number of hydrogen-bond acceptors (Lipinski definition) is 6. The molecule has 3 aliphatic heterocycles. The van der Waals surface area contributed by atoms with E-state index in [0.717, 1.165) is 28.9 Å². The van der Waals surface area contributed by atoms with Crippen LogP contribution in [0.3, 0.4) is 0 Å². The van der Waals surface area contributed by atoms with Gasteiger partial charge in [-0.15, -0.1) is 0 Å². The molecule has 0 aliphatic carbocycles. The second-order valence-corrected chi connectivity index (χ2v) is 7.33. The number of benzene rings is 1. The van der Waals surface area contributed by atoms with Gasteiger partial charge in [0.1, 0.15) is 24.0 Å². The van der Waals surface area contributed by atoms with E-state index in [1.165, 1.54) is 0 Å². The summed E-state index contributed by atoms with van der Waals surface area (Å²) in [6.45, 7) is 1.67. The Morgan fingerprint density at radius 3 is 2.92 bits per heavy atom. The quantitative estimate of drug-likeness (QED) is 0.833. The van der Waals surface area contributed by atoms with Gasteiger partial charge in [0.25, 0.3) is 6.02 Å². The minimum absolute atomic E-state index is 0.0492. The highest BCUT2D eigenvalue weighted by atomic mass is 35.5. The number of fused-ring (bicyclic) bond motifs is 4. The van der Waals surface area contributed by atoms with Gasteiger partial charge in [-0.1, -0.05) is 17.7 Å². The SMILES string of the molecule is NC1=N[C@]2(CO1)c1cc(-c3cncc(Cl)c3)ccc1OC1CCOC[C@@H]12. The summed E-state index contributed by atoms with van der Waals surface area (Å²) < 4.78 is 17.6. The van der Waals surface area contributed by atoms with Gasteiger partial charge in [-0.25, -0.2) is 4.99 Å². The van der Waals surface area contributed by atoms with Crippen LogP contribution in [0.4, 0.5) is 0 Å². The van der Waals surface area contributed by atoms with E-state index in [9.17, 15) is 0 Å². The number of halogens is 1. The Morgan fingerprint density at radius 1 is 1.19 bits per heavy atom. The molecular weight excluding hydrogens is 354 g/mol. The highest BCUT2D eigenvalue weighted by Crippen LogP contribution is 2.50. The van der Waals surface area contributed by atoms with E-state index in [1.807, 2.05) is 18.2 Å². The molecule has 26 heavy (non-hydrogen) atoms. The zero-order valence-corrected chi connectivity index (χ0v) is 14.8. The smallest absolute Gasteiger partial charge is 0.283 e. The van der Waals surface area contributed by atoms with Crippen LogP contribution in [0.25, 0.3) is 11.1 Å². The van der Waals surface area contributed by atoms with Crippen molar-refractivity contribution in [2.75, 3.05) is 19.8 Å². The Hall–Kier alpha value is -2.31. The first-order valence-corrected chi connectivity index (χ1v) is 9.01. The van der Waals surface area contributed by atoms with Crippen LogP contribution in [0.5, 0.6) is 5.75 Å². The van der Waals surface area contributed by atoms with Crippen LogP contribution in [0.15, 0.2) is 41.7 Å². The van der Waals surface area contributed by atoms with E-state index in [2.05, 4.69) is 11.1 Å². The van der Waals surface area contributed by atoms with Crippen LogP contribution in [-0.2, 0) is 15.0 Å². The van der Waals surface area contributed by atoms with Crippen molar-refractivity contribution in [3.05, 3.63) is 47.2 Å². The van der Waals surface area contributed by atoms with Crippen LogP contribution in [0.1, 0.15) is 12.0 Å². The number of aliphatic imine (C=N–C) groups is 1. The van der Waals surface area contributed by atoms with E-state index in [0.29, 0.717) is 24.8 Å². The zero-order valence-electron chi connectivity index (χ0n) is 14.0. The maximum atomic E-state index is 6.29. The fourth-order valence-electron chi connectivity index (χ4n) is 4.16. The van der Waals surface area contributed by atoms with E-state index in [-0.39, 0.29) is 18.0 Å². The normalized spacial score (nSPS) is 29.3. The lowest BCUT2D eigenvalue weighted by Crippen LogP contribution is -2.52. The molecule has 0 bridgehead atoms. The molecule has 1 saturated heterocycles. The van der Waals surface area contributed by atoms with E-state index in [1.54, 1.807) is 12.4 Å². The molecule has 134 valence electrons. The fourth-order valence-corrected chi connectivity index (χ4v) is 4.33. The third-order valence-corrected chi connectivity index (χ3v) is 5.63. The van der Waals surface area contributed by atoms with Gasteiger partial charge in [-0.3, -0.25) is 4.98 Å². The molecule has 1 aromatic carbocycles. The van der Waals surface area contributed by atoms with E-state index in [4.69, 9.17) is 36.5 Å². The summed E-state index contributed by atoms with van der Waals surface area (Å²) in [5.74, 6) is 0.895. The van der Waals surface area contributed by atoms with Crippen molar-refractivity contribution < 1.29 is 14.2 Å². The largest absolute Gasteiger partial charge is 0.489 e. The summed E-state index contributed by atoms with van der Waals surface area (Å²) in [6.07, 6.45) is 4.29. The Bertz CT molecular complexity index is 903. The van der Waals surface area contributed by atoms with Gasteiger partial charge in [0.15, 0.2) is 0 Å². The Balaban J connectivity index is 1.67.